The van der Waals surface area contributed by atoms with Crippen molar-refractivity contribution in [2.45, 2.75) is 50.8 Å². The Balaban J connectivity index is 2.36. The van der Waals surface area contributed by atoms with Crippen LogP contribution in [-0.4, -0.2) is 8.42 Å². The van der Waals surface area contributed by atoms with Crippen molar-refractivity contribution >= 4 is 10.0 Å². The highest BCUT2D eigenvalue weighted by molar-refractivity contribution is 7.89. The van der Waals surface area contributed by atoms with E-state index in [0.717, 1.165) is 18.8 Å². The van der Waals surface area contributed by atoms with Crippen molar-refractivity contribution in [3.8, 4) is 0 Å². The zero-order chi connectivity index (χ0) is 13.6. The van der Waals surface area contributed by atoms with Crippen LogP contribution < -0.4 is 5.14 Å². The molecule has 0 unspecified atom stereocenters. The first-order chi connectivity index (χ1) is 8.39. The zero-order valence-electron chi connectivity index (χ0n) is 11.2. The number of hydrogen-bond acceptors (Lipinski definition) is 2. The van der Waals surface area contributed by atoms with E-state index in [2.05, 4.69) is 13.8 Å². The molecule has 0 saturated carbocycles. The second-order valence-corrected chi connectivity index (χ2v) is 6.74. The normalized spacial score (nSPS) is 12.0. The van der Waals surface area contributed by atoms with Crippen LogP contribution in [0.25, 0.3) is 0 Å². The Morgan fingerprint density at radius 2 is 1.67 bits per heavy atom. The number of hydrogen-bond donors (Lipinski definition) is 1. The maximum absolute atomic E-state index is 11.1. The number of unbranched alkanes of at least 4 members (excludes halogenated alkanes) is 2. The molecular weight excluding hydrogens is 246 g/mol. The molecule has 3 nitrogen and oxygen atoms in total. The van der Waals surface area contributed by atoms with E-state index in [0.29, 0.717) is 0 Å². The molecule has 0 fully saturated rings. The summed E-state index contributed by atoms with van der Waals surface area (Å²) in [6, 6.07) is 6.86. The first-order valence-electron chi connectivity index (χ1n) is 6.51. The summed E-state index contributed by atoms with van der Waals surface area (Å²) in [7, 11) is -3.56. The number of aryl methyl sites for hydroxylation is 1. The third-order valence-corrected chi connectivity index (χ3v) is 3.93. The average molecular weight is 269 g/mol. The Morgan fingerprint density at radius 3 is 2.17 bits per heavy atom. The first-order valence-corrected chi connectivity index (χ1v) is 8.06. The van der Waals surface area contributed by atoms with Gasteiger partial charge in [0.25, 0.3) is 0 Å². The van der Waals surface area contributed by atoms with E-state index in [-0.39, 0.29) is 4.90 Å². The Labute approximate surface area is 110 Å². The summed E-state index contributed by atoms with van der Waals surface area (Å²) in [6.07, 6.45) is 5.94. The number of sulfonamides is 1. The van der Waals surface area contributed by atoms with E-state index in [1.165, 1.54) is 24.8 Å². The van der Waals surface area contributed by atoms with Gasteiger partial charge in [-0.1, -0.05) is 45.2 Å². The summed E-state index contributed by atoms with van der Waals surface area (Å²) in [4.78, 5) is 0.186. The molecule has 0 radical (unpaired) electrons. The molecule has 18 heavy (non-hydrogen) atoms. The monoisotopic (exact) mass is 269 g/mol. The quantitative estimate of drug-likeness (QED) is 0.773. The predicted molar refractivity (Wildman–Crippen MR) is 74.8 cm³/mol. The summed E-state index contributed by atoms with van der Waals surface area (Å²) < 4.78 is 22.2. The first kappa shape index (κ1) is 15.2. The van der Waals surface area contributed by atoms with Gasteiger partial charge in [-0.2, -0.15) is 0 Å². The molecule has 102 valence electrons. The summed E-state index contributed by atoms with van der Waals surface area (Å²) in [6.45, 7) is 4.48. The molecule has 0 saturated heterocycles. The van der Waals surface area contributed by atoms with Crippen molar-refractivity contribution in [2.75, 3.05) is 0 Å². The fraction of sp³-hybridized carbons (Fsp3) is 0.571. The highest BCUT2D eigenvalue weighted by atomic mass is 32.2. The molecule has 0 aliphatic rings. The number of nitrogens with two attached hydrogens (primary N) is 1. The van der Waals surface area contributed by atoms with Gasteiger partial charge >= 0.3 is 0 Å². The molecule has 1 rings (SSSR count). The SMILES string of the molecule is CC(C)CCCCCc1ccc(S(N)(=O)=O)cc1. The van der Waals surface area contributed by atoms with Crippen LogP contribution in [0.4, 0.5) is 0 Å². The lowest BCUT2D eigenvalue weighted by Crippen LogP contribution is -2.11. The third kappa shape index (κ3) is 5.65. The van der Waals surface area contributed by atoms with Gasteiger partial charge in [0.05, 0.1) is 4.90 Å². The van der Waals surface area contributed by atoms with Crippen LogP contribution in [0.3, 0.4) is 0 Å². The van der Waals surface area contributed by atoms with Gasteiger partial charge in [0.1, 0.15) is 0 Å². The molecule has 0 atom stereocenters. The van der Waals surface area contributed by atoms with Crippen LogP contribution in [0.5, 0.6) is 0 Å². The lowest BCUT2D eigenvalue weighted by Gasteiger charge is -2.05. The van der Waals surface area contributed by atoms with Gasteiger partial charge in [-0.15, -0.1) is 0 Å². The fourth-order valence-electron chi connectivity index (χ4n) is 1.90. The van der Waals surface area contributed by atoms with Crippen LogP contribution >= 0.6 is 0 Å². The summed E-state index contributed by atoms with van der Waals surface area (Å²) in [5.41, 5.74) is 1.17. The molecule has 1 aromatic carbocycles. The smallest absolute Gasteiger partial charge is 0.225 e. The van der Waals surface area contributed by atoms with Gasteiger partial charge in [-0.25, -0.2) is 13.6 Å². The van der Waals surface area contributed by atoms with Crippen molar-refractivity contribution in [1.82, 2.24) is 0 Å². The molecule has 0 amide bonds. The standard InChI is InChI=1S/C14H23NO2S/c1-12(2)6-4-3-5-7-13-8-10-14(11-9-13)18(15,16)17/h8-12H,3-7H2,1-2H3,(H2,15,16,17). The highest BCUT2D eigenvalue weighted by Gasteiger charge is 2.06. The van der Waals surface area contributed by atoms with E-state index in [4.69, 9.17) is 5.14 Å². The van der Waals surface area contributed by atoms with E-state index in [9.17, 15) is 8.42 Å². The molecule has 1 aromatic rings. The topological polar surface area (TPSA) is 60.2 Å². The van der Waals surface area contributed by atoms with Gasteiger partial charge in [0, 0.05) is 0 Å². The second-order valence-electron chi connectivity index (χ2n) is 5.18. The summed E-state index contributed by atoms with van der Waals surface area (Å²) in [5, 5.41) is 5.05. The van der Waals surface area contributed by atoms with Gasteiger partial charge in [0.15, 0.2) is 0 Å². The Kier molecular flexibility index (Phi) is 5.82. The molecule has 2 N–H and O–H groups in total. The molecule has 0 aliphatic carbocycles. The zero-order valence-corrected chi connectivity index (χ0v) is 12.0. The Hall–Kier alpha value is -0.870. The molecular formula is C14H23NO2S. The Bertz CT molecular complexity index is 449. The molecule has 4 heteroatoms. The maximum Gasteiger partial charge on any atom is 0.238 e. The minimum absolute atomic E-state index is 0.186. The minimum atomic E-state index is -3.56. The van der Waals surface area contributed by atoms with Crippen LogP contribution in [0, 0.1) is 5.92 Å². The van der Waals surface area contributed by atoms with Crippen LogP contribution in [-0.2, 0) is 16.4 Å². The van der Waals surface area contributed by atoms with Gasteiger partial charge in [-0.05, 0) is 36.5 Å². The Morgan fingerprint density at radius 1 is 1.06 bits per heavy atom. The molecule has 0 bridgehead atoms. The summed E-state index contributed by atoms with van der Waals surface area (Å²) >= 11 is 0. The third-order valence-electron chi connectivity index (χ3n) is 3.00. The van der Waals surface area contributed by atoms with E-state index in [1.54, 1.807) is 12.1 Å². The predicted octanol–water partition coefficient (Wildman–Crippen LogP) is 3.09. The van der Waals surface area contributed by atoms with Crippen molar-refractivity contribution in [1.29, 1.82) is 0 Å². The molecule has 0 spiro atoms. The van der Waals surface area contributed by atoms with E-state index in [1.807, 2.05) is 12.1 Å². The van der Waals surface area contributed by atoms with Crippen molar-refractivity contribution < 1.29 is 8.42 Å². The van der Waals surface area contributed by atoms with E-state index >= 15 is 0 Å². The second kappa shape index (κ2) is 6.90. The molecule has 0 aliphatic heterocycles. The van der Waals surface area contributed by atoms with Gasteiger partial charge in [-0.3, -0.25) is 0 Å². The van der Waals surface area contributed by atoms with Crippen LogP contribution in [0.1, 0.15) is 45.1 Å². The van der Waals surface area contributed by atoms with Crippen LogP contribution in [0.15, 0.2) is 29.2 Å². The number of primary sulfonamides is 1. The largest absolute Gasteiger partial charge is 0.238 e. The van der Waals surface area contributed by atoms with E-state index < -0.39 is 10.0 Å². The van der Waals surface area contributed by atoms with Gasteiger partial charge < -0.3 is 0 Å². The average Bonchev–Trinajstić information content (AvgIpc) is 2.27. The fourth-order valence-corrected chi connectivity index (χ4v) is 2.42. The maximum atomic E-state index is 11.1. The van der Waals surface area contributed by atoms with Crippen LogP contribution in [0.2, 0.25) is 0 Å². The van der Waals surface area contributed by atoms with Crippen molar-refractivity contribution in [2.24, 2.45) is 11.1 Å². The van der Waals surface area contributed by atoms with Crippen molar-refractivity contribution in [3.63, 3.8) is 0 Å². The summed E-state index contributed by atoms with van der Waals surface area (Å²) in [5.74, 6) is 0.777. The number of rotatable bonds is 7. The molecule has 0 aromatic heterocycles. The lowest BCUT2D eigenvalue weighted by molar-refractivity contribution is 0.527. The minimum Gasteiger partial charge on any atom is -0.225 e. The number of benzene rings is 1. The highest BCUT2D eigenvalue weighted by Crippen LogP contribution is 2.13. The molecule has 0 heterocycles. The van der Waals surface area contributed by atoms with Gasteiger partial charge in [0.2, 0.25) is 10.0 Å². The lowest BCUT2D eigenvalue weighted by atomic mass is 10.0. The van der Waals surface area contributed by atoms with Crippen molar-refractivity contribution in [3.05, 3.63) is 29.8 Å².